The Hall–Kier alpha value is 0.0187. The van der Waals surface area contributed by atoms with E-state index >= 15 is 0 Å². The van der Waals surface area contributed by atoms with E-state index in [2.05, 4.69) is 61.5 Å². The molecule has 2 radical (unpaired) electrons. The summed E-state index contributed by atoms with van der Waals surface area (Å²) in [6.45, 7) is 19.7. The maximum absolute atomic E-state index is 2.80. The third-order valence-corrected chi connectivity index (χ3v) is 11.7. The number of benzene rings is 1. The standard InChI is InChI=1S/C28H45.Sn/c1-9-25(10-2)19-26(11-3,12-4)22-18-24-23(17-21(22)25)27(13-5,14-6)20-28(24,15-7)16-8;/h17H,9-16,19-20H2,1-8H3;/q;+1. The van der Waals surface area contributed by atoms with Crippen molar-refractivity contribution >= 4 is 26.1 Å². The van der Waals surface area contributed by atoms with Crippen molar-refractivity contribution in [3.05, 3.63) is 28.3 Å². The second-order valence-corrected chi connectivity index (χ2v) is 11.8. The van der Waals surface area contributed by atoms with Crippen LogP contribution >= 0.6 is 0 Å². The first-order valence-corrected chi connectivity index (χ1v) is 14.2. The van der Waals surface area contributed by atoms with Crippen LogP contribution in [-0.4, -0.2) is 22.5 Å². The van der Waals surface area contributed by atoms with Gasteiger partial charge >= 0.3 is 196 Å². The van der Waals surface area contributed by atoms with Gasteiger partial charge in [-0.1, -0.05) is 0 Å². The Kier molecular flexibility index (Phi) is 6.67. The van der Waals surface area contributed by atoms with Gasteiger partial charge in [0.15, 0.2) is 0 Å². The summed E-state index contributed by atoms with van der Waals surface area (Å²) in [4.78, 5) is 0. The molecule has 1 aromatic rings. The Bertz CT molecular complexity index is 680. The van der Waals surface area contributed by atoms with Gasteiger partial charge in [-0.25, -0.2) is 0 Å². The van der Waals surface area contributed by atoms with Gasteiger partial charge in [0.2, 0.25) is 0 Å². The van der Waals surface area contributed by atoms with Crippen molar-refractivity contribution in [3.8, 4) is 0 Å². The van der Waals surface area contributed by atoms with Crippen molar-refractivity contribution in [2.45, 2.75) is 141 Å². The first-order valence-electron chi connectivity index (χ1n) is 12.7. The Morgan fingerprint density at radius 1 is 0.552 bits per heavy atom. The Morgan fingerprint density at radius 3 is 1.07 bits per heavy atom. The quantitative estimate of drug-likeness (QED) is 0.324. The van der Waals surface area contributed by atoms with E-state index in [1.807, 2.05) is 11.1 Å². The second-order valence-electron chi connectivity index (χ2n) is 10.4. The molecule has 29 heavy (non-hydrogen) atoms. The van der Waals surface area contributed by atoms with Gasteiger partial charge in [0.25, 0.3) is 0 Å². The number of hydrogen-bond donors (Lipinski definition) is 0. The van der Waals surface area contributed by atoms with Gasteiger partial charge in [-0.05, 0) is 0 Å². The van der Waals surface area contributed by atoms with E-state index in [1.165, 1.54) is 64.2 Å². The van der Waals surface area contributed by atoms with E-state index in [-0.39, 0.29) is 0 Å². The molecule has 0 saturated carbocycles. The van der Waals surface area contributed by atoms with Crippen molar-refractivity contribution in [2.75, 3.05) is 0 Å². The maximum atomic E-state index is 2.80. The average Bonchev–Trinajstić information content (AvgIpc) is 3.23. The summed E-state index contributed by atoms with van der Waals surface area (Å²) >= 11 is 1.67. The summed E-state index contributed by atoms with van der Waals surface area (Å²) in [5.74, 6) is 0. The molecule has 0 aliphatic heterocycles. The number of hydrogen-bond acceptors (Lipinski definition) is 0. The minimum absolute atomic E-state index is 0.401. The molecule has 2 aliphatic carbocycles. The van der Waals surface area contributed by atoms with Crippen LogP contribution in [0.4, 0.5) is 0 Å². The van der Waals surface area contributed by atoms with Gasteiger partial charge in [0.05, 0.1) is 0 Å². The Labute approximate surface area is 195 Å². The van der Waals surface area contributed by atoms with Crippen LogP contribution in [0, 0.1) is 0 Å². The first kappa shape index (κ1) is 23.7. The van der Waals surface area contributed by atoms with Crippen LogP contribution in [0.2, 0.25) is 0 Å². The molecule has 0 atom stereocenters. The number of fused-ring (bicyclic) bond motifs is 2. The summed E-state index contributed by atoms with van der Waals surface area (Å²) in [6, 6.07) is 2.80. The molecule has 0 heterocycles. The van der Waals surface area contributed by atoms with E-state index in [0.29, 0.717) is 21.7 Å². The van der Waals surface area contributed by atoms with Gasteiger partial charge in [-0.2, -0.15) is 0 Å². The van der Waals surface area contributed by atoms with Crippen LogP contribution in [0.3, 0.4) is 0 Å². The third-order valence-electron chi connectivity index (χ3n) is 10.3. The zero-order chi connectivity index (χ0) is 21.7. The summed E-state index contributed by atoms with van der Waals surface area (Å²) in [5.41, 5.74) is 8.85. The molecule has 0 saturated heterocycles. The predicted octanol–water partition coefficient (Wildman–Crippen LogP) is 7.52. The van der Waals surface area contributed by atoms with Crippen LogP contribution in [0.25, 0.3) is 0 Å². The monoisotopic (exact) mass is 501 g/mol. The molecule has 0 N–H and O–H groups in total. The van der Waals surface area contributed by atoms with E-state index < -0.39 is 0 Å². The molecule has 1 heteroatoms. The normalized spacial score (nSPS) is 22.5. The predicted molar refractivity (Wildman–Crippen MR) is 130 cm³/mol. The van der Waals surface area contributed by atoms with Crippen LogP contribution < -0.4 is 3.58 Å². The molecular formula is C28H45Sn+. The van der Waals surface area contributed by atoms with Crippen molar-refractivity contribution in [1.82, 2.24) is 0 Å². The van der Waals surface area contributed by atoms with Gasteiger partial charge < -0.3 is 0 Å². The summed E-state index contributed by atoms with van der Waals surface area (Å²) in [5, 5.41) is 0. The van der Waals surface area contributed by atoms with Crippen LogP contribution in [-0.2, 0) is 21.7 Å². The van der Waals surface area contributed by atoms with E-state index in [9.17, 15) is 0 Å². The Morgan fingerprint density at radius 2 is 0.828 bits per heavy atom. The van der Waals surface area contributed by atoms with E-state index in [4.69, 9.17) is 0 Å². The molecule has 0 fully saturated rings. The summed E-state index contributed by atoms with van der Waals surface area (Å²) in [6.07, 6.45) is 13.2. The van der Waals surface area contributed by atoms with Crippen LogP contribution in [0.15, 0.2) is 6.07 Å². The van der Waals surface area contributed by atoms with Gasteiger partial charge in [-0.15, -0.1) is 0 Å². The third kappa shape index (κ3) is 2.96. The SMILES string of the molecule is CCC1(CC)CC(CC)(CC)c2c1cc1c([c]2[Sn+])C(CC)(CC)CC1(CC)CC. The minimum atomic E-state index is 0.401. The van der Waals surface area contributed by atoms with Crippen LogP contribution in [0.5, 0.6) is 0 Å². The number of rotatable bonds is 8. The van der Waals surface area contributed by atoms with Crippen molar-refractivity contribution in [2.24, 2.45) is 0 Å². The van der Waals surface area contributed by atoms with Gasteiger partial charge in [0.1, 0.15) is 0 Å². The molecule has 0 spiro atoms. The molecule has 0 amide bonds. The molecular weight excluding hydrogens is 455 g/mol. The van der Waals surface area contributed by atoms with Gasteiger partial charge in [0, 0.05) is 0 Å². The molecule has 1 aromatic carbocycles. The summed E-state index contributed by atoms with van der Waals surface area (Å²) < 4.78 is 1.80. The topological polar surface area (TPSA) is 0 Å². The molecule has 0 bridgehead atoms. The van der Waals surface area contributed by atoms with Crippen LogP contribution in [0.1, 0.15) is 142 Å². The molecule has 2 aliphatic rings. The zero-order valence-electron chi connectivity index (χ0n) is 20.6. The fourth-order valence-electron chi connectivity index (χ4n) is 7.75. The van der Waals surface area contributed by atoms with Crippen molar-refractivity contribution < 1.29 is 0 Å². The molecule has 3 rings (SSSR count). The van der Waals surface area contributed by atoms with Gasteiger partial charge in [-0.3, -0.25) is 0 Å². The second kappa shape index (κ2) is 8.18. The molecule has 0 unspecified atom stereocenters. The van der Waals surface area contributed by atoms with E-state index in [1.54, 1.807) is 37.2 Å². The molecule has 0 nitrogen and oxygen atoms in total. The molecule has 0 aromatic heterocycles. The van der Waals surface area contributed by atoms with Crippen molar-refractivity contribution in [1.29, 1.82) is 0 Å². The first-order chi connectivity index (χ1) is 13.8. The van der Waals surface area contributed by atoms with E-state index in [0.717, 1.165) is 0 Å². The Balaban J connectivity index is 2.46. The van der Waals surface area contributed by atoms with Crippen molar-refractivity contribution in [3.63, 3.8) is 0 Å². The fourth-order valence-corrected chi connectivity index (χ4v) is 10.0. The molecule has 160 valence electrons. The average molecular weight is 500 g/mol. The zero-order valence-corrected chi connectivity index (χ0v) is 23.5. The summed E-state index contributed by atoms with van der Waals surface area (Å²) in [7, 11) is 0. The fraction of sp³-hybridized carbons (Fsp3) is 0.786.